The molecule has 0 N–H and O–H groups in total. The highest BCUT2D eigenvalue weighted by molar-refractivity contribution is 5.82. The first-order chi connectivity index (χ1) is 8.31. The average Bonchev–Trinajstić information content (AvgIpc) is 3.19. The van der Waals surface area contributed by atoms with Gasteiger partial charge in [0.2, 0.25) is 5.91 Å². The molecule has 0 heterocycles. The minimum atomic E-state index is 0.244. The molecular weight excluding hydrogens is 210 g/mol. The Kier molecular flexibility index (Phi) is 4.18. The molecule has 2 rings (SSSR count). The van der Waals surface area contributed by atoms with Gasteiger partial charge in [-0.05, 0) is 44.2 Å². The molecule has 0 bridgehead atoms. The van der Waals surface area contributed by atoms with Crippen molar-refractivity contribution < 1.29 is 4.79 Å². The van der Waals surface area contributed by atoms with Crippen molar-refractivity contribution >= 4 is 5.91 Å². The second-order valence-electron chi connectivity index (χ2n) is 4.92. The summed E-state index contributed by atoms with van der Waals surface area (Å²) in [6.45, 7) is 4.40. The topological polar surface area (TPSA) is 20.3 Å². The van der Waals surface area contributed by atoms with Gasteiger partial charge in [-0.25, -0.2) is 0 Å². The van der Waals surface area contributed by atoms with E-state index in [0.717, 1.165) is 19.3 Å². The smallest absolute Gasteiger partial charge is 0.229 e. The Balaban J connectivity index is 1.78. The van der Waals surface area contributed by atoms with Gasteiger partial charge < -0.3 is 4.90 Å². The first-order valence-corrected chi connectivity index (χ1v) is 6.56. The second-order valence-corrected chi connectivity index (χ2v) is 4.92. The maximum Gasteiger partial charge on any atom is 0.229 e. The Morgan fingerprint density at radius 2 is 2.18 bits per heavy atom. The molecule has 1 atom stereocenters. The molecule has 0 aromatic carbocycles. The highest BCUT2D eigenvalue weighted by atomic mass is 16.2. The van der Waals surface area contributed by atoms with Crippen molar-refractivity contribution in [2.24, 2.45) is 11.8 Å². The molecule has 0 saturated heterocycles. The predicted molar refractivity (Wildman–Crippen MR) is 70.3 cm³/mol. The molecule has 2 aliphatic carbocycles. The summed E-state index contributed by atoms with van der Waals surface area (Å²) < 4.78 is 0. The molecule has 1 fully saturated rings. The lowest BCUT2D eigenvalue weighted by Crippen LogP contribution is -2.26. The first-order valence-electron chi connectivity index (χ1n) is 6.56. The summed E-state index contributed by atoms with van der Waals surface area (Å²) in [6.07, 6.45) is 16.2. The average molecular weight is 231 g/mol. The lowest BCUT2D eigenvalue weighted by Gasteiger charge is -2.17. The predicted octanol–water partition coefficient (Wildman–Crippen LogP) is 3.28. The van der Waals surface area contributed by atoms with Crippen LogP contribution in [0.5, 0.6) is 0 Å². The van der Waals surface area contributed by atoms with Crippen LogP contribution in [0.2, 0.25) is 0 Å². The summed E-state index contributed by atoms with van der Waals surface area (Å²) in [7, 11) is 0. The van der Waals surface area contributed by atoms with Crippen LogP contribution in [-0.4, -0.2) is 17.4 Å². The molecule has 0 spiro atoms. The van der Waals surface area contributed by atoms with Crippen LogP contribution in [0.15, 0.2) is 37.1 Å². The summed E-state index contributed by atoms with van der Waals surface area (Å²) in [4.78, 5) is 13.6. The van der Waals surface area contributed by atoms with Crippen molar-refractivity contribution in [1.29, 1.82) is 0 Å². The van der Waals surface area contributed by atoms with E-state index in [1.165, 1.54) is 12.8 Å². The van der Waals surface area contributed by atoms with Crippen LogP contribution < -0.4 is 0 Å². The Labute approximate surface area is 104 Å². The lowest BCUT2D eigenvalue weighted by molar-refractivity contribution is -0.129. The molecule has 0 aromatic heterocycles. The number of amides is 1. The lowest BCUT2D eigenvalue weighted by atomic mass is 9.94. The van der Waals surface area contributed by atoms with Gasteiger partial charge in [0.25, 0.3) is 0 Å². The van der Waals surface area contributed by atoms with Gasteiger partial charge in [0.1, 0.15) is 0 Å². The van der Waals surface area contributed by atoms with Gasteiger partial charge in [-0.3, -0.25) is 4.79 Å². The van der Waals surface area contributed by atoms with E-state index < -0.39 is 0 Å². The second kappa shape index (κ2) is 5.85. The summed E-state index contributed by atoms with van der Waals surface area (Å²) in [5.74, 6) is 1.18. The van der Waals surface area contributed by atoms with E-state index >= 15 is 0 Å². The molecule has 0 radical (unpaired) electrons. The van der Waals surface area contributed by atoms with E-state index in [1.54, 1.807) is 11.1 Å². The Morgan fingerprint density at radius 3 is 2.76 bits per heavy atom. The van der Waals surface area contributed by atoms with Crippen molar-refractivity contribution in [3.8, 4) is 0 Å². The number of allylic oxidation sites excluding steroid dienone is 3. The Morgan fingerprint density at radius 1 is 1.35 bits per heavy atom. The molecular formula is C15H21NO. The number of rotatable bonds is 5. The van der Waals surface area contributed by atoms with E-state index in [9.17, 15) is 4.79 Å². The molecule has 2 nitrogen and oxygen atoms in total. The fourth-order valence-electron chi connectivity index (χ4n) is 2.18. The zero-order valence-corrected chi connectivity index (χ0v) is 10.3. The summed E-state index contributed by atoms with van der Waals surface area (Å²) in [5.41, 5.74) is 0. The maximum atomic E-state index is 11.8. The summed E-state index contributed by atoms with van der Waals surface area (Å²) >= 11 is 0. The summed E-state index contributed by atoms with van der Waals surface area (Å²) in [5, 5.41) is 0. The fraction of sp³-hybridized carbons (Fsp3) is 0.533. The molecule has 2 heteroatoms. The fourth-order valence-corrected chi connectivity index (χ4v) is 2.18. The molecule has 1 unspecified atom stereocenters. The van der Waals surface area contributed by atoms with Crippen molar-refractivity contribution in [3.05, 3.63) is 37.1 Å². The highest BCUT2D eigenvalue weighted by Gasteiger charge is 2.32. The molecule has 1 amide bonds. The van der Waals surface area contributed by atoms with E-state index in [4.69, 9.17) is 0 Å². The molecule has 17 heavy (non-hydrogen) atoms. The summed E-state index contributed by atoms with van der Waals surface area (Å²) in [6, 6.07) is 0. The van der Waals surface area contributed by atoms with Gasteiger partial charge in [0.05, 0.1) is 0 Å². The molecule has 2 aliphatic rings. The third-order valence-electron chi connectivity index (χ3n) is 3.45. The number of hydrogen-bond acceptors (Lipinski definition) is 1. The van der Waals surface area contributed by atoms with Crippen LogP contribution in [0, 0.1) is 11.8 Å². The van der Waals surface area contributed by atoms with Crippen LogP contribution in [0.25, 0.3) is 0 Å². The van der Waals surface area contributed by atoms with E-state index in [0.29, 0.717) is 12.5 Å². The molecule has 92 valence electrons. The Bertz CT molecular complexity index is 339. The van der Waals surface area contributed by atoms with Gasteiger partial charge in [-0.15, -0.1) is 0 Å². The zero-order valence-electron chi connectivity index (χ0n) is 10.3. The van der Waals surface area contributed by atoms with Gasteiger partial charge in [0.15, 0.2) is 0 Å². The van der Waals surface area contributed by atoms with E-state index in [-0.39, 0.29) is 11.8 Å². The minimum Gasteiger partial charge on any atom is -0.316 e. The zero-order chi connectivity index (χ0) is 12.1. The van der Waals surface area contributed by atoms with E-state index in [1.807, 2.05) is 0 Å². The van der Waals surface area contributed by atoms with Crippen LogP contribution >= 0.6 is 0 Å². The van der Waals surface area contributed by atoms with Crippen molar-refractivity contribution in [1.82, 2.24) is 4.90 Å². The van der Waals surface area contributed by atoms with Crippen LogP contribution in [0.4, 0.5) is 0 Å². The number of nitrogens with zero attached hydrogens (tertiary/aromatic N) is 1. The van der Waals surface area contributed by atoms with Crippen LogP contribution in [0.3, 0.4) is 0 Å². The van der Waals surface area contributed by atoms with Gasteiger partial charge in [-0.1, -0.05) is 30.9 Å². The number of carbonyl (C=O) groups is 1. The number of carbonyl (C=O) groups excluding carboxylic acids is 1. The molecule has 0 aromatic rings. The normalized spacial score (nSPS) is 23.9. The maximum absolute atomic E-state index is 11.8. The minimum absolute atomic E-state index is 0.244. The SMILES string of the molecule is C=CN(C/C=C/C1CC=CCC1)C(=O)C1CC1. The van der Waals surface area contributed by atoms with Crippen molar-refractivity contribution in [2.45, 2.75) is 32.1 Å². The third-order valence-corrected chi connectivity index (χ3v) is 3.45. The largest absolute Gasteiger partial charge is 0.316 e. The standard InChI is InChI=1S/C15H21NO/c1-2-16(15(17)14-10-11-14)12-6-9-13-7-4-3-5-8-13/h2-4,6,9,13-14H,1,5,7-8,10-12H2/b9-6+. The first kappa shape index (κ1) is 12.2. The Hall–Kier alpha value is -1.31. The van der Waals surface area contributed by atoms with Gasteiger partial charge >= 0.3 is 0 Å². The monoisotopic (exact) mass is 231 g/mol. The molecule has 1 saturated carbocycles. The van der Waals surface area contributed by atoms with Crippen molar-refractivity contribution in [2.75, 3.05) is 6.54 Å². The quantitative estimate of drug-likeness (QED) is 0.665. The van der Waals surface area contributed by atoms with Crippen LogP contribution in [0.1, 0.15) is 32.1 Å². The van der Waals surface area contributed by atoms with E-state index in [2.05, 4.69) is 30.9 Å². The van der Waals surface area contributed by atoms with Gasteiger partial charge in [0, 0.05) is 12.5 Å². The van der Waals surface area contributed by atoms with Crippen molar-refractivity contribution in [3.63, 3.8) is 0 Å². The number of hydrogen-bond donors (Lipinski definition) is 0. The van der Waals surface area contributed by atoms with Crippen LogP contribution in [-0.2, 0) is 4.79 Å². The highest BCUT2D eigenvalue weighted by Crippen LogP contribution is 2.31. The molecule has 0 aliphatic heterocycles. The third kappa shape index (κ3) is 3.58. The van der Waals surface area contributed by atoms with Gasteiger partial charge in [-0.2, -0.15) is 0 Å².